The standard InChI is InChI=1S/C14H22N4O/c1-6-10-11(8-15)13(17-16-12(10)7-2)18(5)14(3,4)9-19/h19H,6-7,9H2,1-5H3. The van der Waals surface area contributed by atoms with Gasteiger partial charge >= 0.3 is 0 Å². The molecule has 0 radical (unpaired) electrons. The van der Waals surface area contributed by atoms with E-state index in [0.29, 0.717) is 11.4 Å². The number of likely N-dealkylation sites (N-methyl/N-ethyl adjacent to an activating group) is 1. The van der Waals surface area contributed by atoms with Gasteiger partial charge in [-0.2, -0.15) is 10.4 Å². The fraction of sp³-hybridized carbons (Fsp3) is 0.643. The highest BCUT2D eigenvalue weighted by molar-refractivity contribution is 5.58. The van der Waals surface area contributed by atoms with Crippen molar-refractivity contribution in [2.45, 2.75) is 46.1 Å². The lowest BCUT2D eigenvalue weighted by molar-refractivity contribution is 0.215. The molecule has 1 aromatic heterocycles. The molecular formula is C14H22N4O. The number of anilines is 1. The molecule has 1 heterocycles. The summed E-state index contributed by atoms with van der Waals surface area (Å²) >= 11 is 0. The van der Waals surface area contributed by atoms with Crippen molar-refractivity contribution >= 4 is 5.82 Å². The molecule has 1 aromatic rings. The van der Waals surface area contributed by atoms with Gasteiger partial charge in [0.15, 0.2) is 5.82 Å². The average molecular weight is 262 g/mol. The third-order valence-electron chi connectivity index (χ3n) is 3.55. The van der Waals surface area contributed by atoms with Crippen LogP contribution >= 0.6 is 0 Å². The van der Waals surface area contributed by atoms with Crippen LogP contribution in [0.25, 0.3) is 0 Å². The van der Waals surface area contributed by atoms with Crippen LogP contribution in [0, 0.1) is 11.3 Å². The van der Waals surface area contributed by atoms with E-state index in [9.17, 15) is 10.4 Å². The van der Waals surface area contributed by atoms with Gasteiger partial charge in [0.1, 0.15) is 11.6 Å². The van der Waals surface area contributed by atoms with Crippen molar-refractivity contribution in [1.82, 2.24) is 10.2 Å². The first-order chi connectivity index (χ1) is 8.92. The van der Waals surface area contributed by atoms with Crippen LogP contribution in [0.3, 0.4) is 0 Å². The molecule has 0 spiro atoms. The Bertz CT molecular complexity index is 491. The van der Waals surface area contributed by atoms with Gasteiger partial charge in [-0.05, 0) is 32.3 Å². The number of aliphatic hydroxyl groups excluding tert-OH is 1. The van der Waals surface area contributed by atoms with E-state index >= 15 is 0 Å². The predicted octanol–water partition coefficient (Wildman–Crippen LogP) is 1.68. The fourth-order valence-corrected chi connectivity index (χ4v) is 1.91. The van der Waals surface area contributed by atoms with Gasteiger partial charge in [0.05, 0.1) is 17.8 Å². The van der Waals surface area contributed by atoms with Crippen LogP contribution in [0.5, 0.6) is 0 Å². The smallest absolute Gasteiger partial charge is 0.169 e. The van der Waals surface area contributed by atoms with Crippen LogP contribution < -0.4 is 4.90 Å². The summed E-state index contributed by atoms with van der Waals surface area (Å²) in [6, 6.07) is 2.24. The second-order valence-electron chi connectivity index (χ2n) is 5.17. The lowest BCUT2D eigenvalue weighted by atomic mass is 10.0. The first-order valence-electron chi connectivity index (χ1n) is 6.56. The third-order valence-corrected chi connectivity index (χ3v) is 3.55. The number of rotatable bonds is 5. The molecule has 0 aliphatic heterocycles. The zero-order chi connectivity index (χ0) is 14.6. The Balaban J connectivity index is 3.42. The Hall–Kier alpha value is -1.67. The van der Waals surface area contributed by atoms with Gasteiger partial charge in [-0.25, -0.2) is 0 Å². The first-order valence-corrected chi connectivity index (χ1v) is 6.56. The molecule has 19 heavy (non-hydrogen) atoms. The minimum Gasteiger partial charge on any atom is -0.394 e. The summed E-state index contributed by atoms with van der Waals surface area (Å²) in [6.07, 6.45) is 1.51. The number of aliphatic hydroxyl groups is 1. The van der Waals surface area contributed by atoms with Crippen LogP contribution in [-0.4, -0.2) is 34.5 Å². The van der Waals surface area contributed by atoms with Crippen LogP contribution in [-0.2, 0) is 12.8 Å². The highest BCUT2D eigenvalue weighted by Crippen LogP contribution is 2.26. The van der Waals surface area contributed by atoms with Crippen molar-refractivity contribution in [2.75, 3.05) is 18.6 Å². The number of hydrogen-bond donors (Lipinski definition) is 1. The zero-order valence-electron chi connectivity index (χ0n) is 12.4. The zero-order valence-corrected chi connectivity index (χ0v) is 12.4. The Morgan fingerprint density at radius 2 is 1.89 bits per heavy atom. The summed E-state index contributed by atoms with van der Waals surface area (Å²) in [5.41, 5.74) is 1.91. The molecule has 1 N–H and O–H groups in total. The summed E-state index contributed by atoms with van der Waals surface area (Å²) in [5, 5.41) is 27.3. The van der Waals surface area contributed by atoms with Crippen molar-refractivity contribution in [2.24, 2.45) is 0 Å². The van der Waals surface area contributed by atoms with E-state index in [1.54, 1.807) is 0 Å². The number of nitrogens with zero attached hydrogens (tertiary/aromatic N) is 4. The lowest BCUT2D eigenvalue weighted by Crippen LogP contribution is -2.45. The van der Waals surface area contributed by atoms with E-state index in [1.165, 1.54) is 0 Å². The maximum atomic E-state index is 9.44. The SMILES string of the molecule is CCc1nnc(N(C)C(C)(C)CO)c(C#N)c1CC. The fourth-order valence-electron chi connectivity index (χ4n) is 1.91. The Labute approximate surface area is 114 Å². The molecule has 104 valence electrons. The summed E-state index contributed by atoms with van der Waals surface area (Å²) in [7, 11) is 1.83. The van der Waals surface area contributed by atoms with Gasteiger partial charge in [0, 0.05) is 7.05 Å². The number of aromatic nitrogens is 2. The highest BCUT2D eigenvalue weighted by Gasteiger charge is 2.27. The lowest BCUT2D eigenvalue weighted by Gasteiger charge is -2.35. The molecule has 0 amide bonds. The van der Waals surface area contributed by atoms with E-state index in [0.717, 1.165) is 24.1 Å². The average Bonchev–Trinajstić information content (AvgIpc) is 2.44. The molecule has 0 saturated heterocycles. The van der Waals surface area contributed by atoms with Crippen molar-refractivity contribution in [3.05, 3.63) is 16.8 Å². The largest absolute Gasteiger partial charge is 0.394 e. The summed E-state index contributed by atoms with van der Waals surface area (Å²) in [4.78, 5) is 1.82. The molecule has 0 saturated carbocycles. The van der Waals surface area contributed by atoms with E-state index < -0.39 is 5.54 Å². The van der Waals surface area contributed by atoms with Gasteiger partial charge < -0.3 is 10.0 Å². The molecular weight excluding hydrogens is 240 g/mol. The summed E-state index contributed by atoms with van der Waals surface area (Å²) in [6.45, 7) is 7.79. The highest BCUT2D eigenvalue weighted by atomic mass is 16.3. The molecule has 0 aliphatic carbocycles. The van der Waals surface area contributed by atoms with Crippen LogP contribution in [0.4, 0.5) is 5.82 Å². The normalized spacial score (nSPS) is 11.2. The van der Waals surface area contributed by atoms with Crippen LogP contribution in [0.2, 0.25) is 0 Å². The molecule has 1 rings (SSSR count). The van der Waals surface area contributed by atoms with Crippen molar-refractivity contribution in [3.8, 4) is 6.07 Å². The second kappa shape index (κ2) is 5.98. The minimum atomic E-state index is -0.487. The maximum Gasteiger partial charge on any atom is 0.169 e. The molecule has 0 bridgehead atoms. The Kier molecular flexibility index (Phi) is 4.84. The molecule has 0 fully saturated rings. The van der Waals surface area contributed by atoms with Gasteiger partial charge in [-0.3, -0.25) is 0 Å². The van der Waals surface area contributed by atoms with Crippen molar-refractivity contribution in [1.29, 1.82) is 5.26 Å². The third kappa shape index (κ3) is 2.85. The number of aryl methyl sites for hydroxylation is 1. The Morgan fingerprint density at radius 3 is 2.32 bits per heavy atom. The van der Waals surface area contributed by atoms with E-state index in [2.05, 4.69) is 16.3 Å². The van der Waals surface area contributed by atoms with Gasteiger partial charge in [0.25, 0.3) is 0 Å². The molecule has 5 heteroatoms. The van der Waals surface area contributed by atoms with Gasteiger partial charge in [-0.15, -0.1) is 5.10 Å². The molecule has 0 atom stereocenters. The number of nitriles is 1. The molecule has 0 aromatic carbocycles. The van der Waals surface area contributed by atoms with Crippen molar-refractivity contribution < 1.29 is 5.11 Å². The molecule has 5 nitrogen and oxygen atoms in total. The second-order valence-corrected chi connectivity index (χ2v) is 5.17. The number of hydrogen-bond acceptors (Lipinski definition) is 5. The Morgan fingerprint density at radius 1 is 1.26 bits per heavy atom. The molecule has 0 aliphatic rings. The maximum absolute atomic E-state index is 9.44. The monoisotopic (exact) mass is 262 g/mol. The molecule has 0 unspecified atom stereocenters. The summed E-state index contributed by atoms with van der Waals surface area (Å²) < 4.78 is 0. The predicted molar refractivity (Wildman–Crippen MR) is 75.1 cm³/mol. The van der Waals surface area contributed by atoms with Gasteiger partial charge in [0.2, 0.25) is 0 Å². The van der Waals surface area contributed by atoms with E-state index in [4.69, 9.17) is 0 Å². The first kappa shape index (κ1) is 15.4. The van der Waals surface area contributed by atoms with Crippen LogP contribution in [0.15, 0.2) is 0 Å². The summed E-state index contributed by atoms with van der Waals surface area (Å²) in [5.74, 6) is 0.538. The van der Waals surface area contributed by atoms with Crippen molar-refractivity contribution in [3.63, 3.8) is 0 Å². The van der Waals surface area contributed by atoms with E-state index in [-0.39, 0.29) is 6.61 Å². The van der Waals surface area contributed by atoms with Crippen LogP contribution in [0.1, 0.15) is 44.5 Å². The van der Waals surface area contributed by atoms with E-state index in [1.807, 2.05) is 39.6 Å². The quantitative estimate of drug-likeness (QED) is 0.874. The topological polar surface area (TPSA) is 73.0 Å². The van der Waals surface area contributed by atoms with Gasteiger partial charge in [-0.1, -0.05) is 13.8 Å². The minimum absolute atomic E-state index is 0.0208.